The molecule has 1 rings (SSSR count). The summed E-state index contributed by atoms with van der Waals surface area (Å²) in [6, 6.07) is 8.67. The van der Waals surface area contributed by atoms with Gasteiger partial charge >= 0.3 is 0 Å². The largest absolute Gasteiger partial charge is 0.393 e. The van der Waals surface area contributed by atoms with Gasteiger partial charge in [-0.2, -0.15) is 0 Å². The van der Waals surface area contributed by atoms with E-state index in [0.29, 0.717) is 5.92 Å². The van der Waals surface area contributed by atoms with Gasteiger partial charge in [-0.25, -0.2) is 0 Å². The average molecular weight is 232 g/mol. The Morgan fingerprint density at radius 3 is 2.65 bits per heavy atom. The molecule has 0 bridgehead atoms. The summed E-state index contributed by atoms with van der Waals surface area (Å²) < 4.78 is 0. The fraction of sp³-hybridized carbons (Fsp3) is 0.500. The molecule has 0 amide bonds. The van der Waals surface area contributed by atoms with Gasteiger partial charge < -0.3 is 5.11 Å². The lowest BCUT2D eigenvalue weighted by molar-refractivity contribution is 0.182. The van der Waals surface area contributed by atoms with Crippen LogP contribution in [0.2, 0.25) is 0 Å². The number of rotatable bonds is 6. The molecule has 0 aliphatic carbocycles. The van der Waals surface area contributed by atoms with E-state index >= 15 is 0 Å². The third-order valence-corrected chi connectivity index (χ3v) is 2.88. The normalized spacial score (nSPS) is 13.5. The zero-order valence-corrected chi connectivity index (χ0v) is 11.2. The van der Waals surface area contributed by atoms with Crippen LogP contribution in [0, 0.1) is 0 Å². The van der Waals surface area contributed by atoms with Crippen LogP contribution in [-0.4, -0.2) is 11.2 Å². The number of aliphatic hydroxyl groups excluding tert-OH is 1. The third-order valence-electron chi connectivity index (χ3n) is 2.88. The number of hydrogen-bond donors (Lipinski definition) is 1. The Morgan fingerprint density at radius 2 is 2.00 bits per heavy atom. The van der Waals surface area contributed by atoms with Gasteiger partial charge in [0.1, 0.15) is 0 Å². The van der Waals surface area contributed by atoms with Crippen LogP contribution in [0.4, 0.5) is 0 Å². The smallest absolute Gasteiger partial charge is 0.0512 e. The van der Waals surface area contributed by atoms with E-state index in [1.54, 1.807) is 0 Å². The second-order valence-electron chi connectivity index (χ2n) is 5.01. The number of unbranched alkanes of at least 4 members (excludes halogenated alkanes) is 1. The van der Waals surface area contributed by atoms with Crippen LogP contribution in [-0.2, 0) is 0 Å². The van der Waals surface area contributed by atoms with Gasteiger partial charge in [0.25, 0.3) is 0 Å². The number of benzene rings is 1. The molecular weight excluding hydrogens is 208 g/mol. The Morgan fingerprint density at radius 1 is 1.24 bits per heavy atom. The molecule has 1 aromatic carbocycles. The summed E-state index contributed by atoms with van der Waals surface area (Å²) in [6.07, 6.45) is 7.17. The van der Waals surface area contributed by atoms with Crippen molar-refractivity contribution >= 4 is 6.08 Å². The molecule has 0 fully saturated rings. The highest BCUT2D eigenvalue weighted by Crippen LogP contribution is 2.16. The zero-order valence-electron chi connectivity index (χ0n) is 11.2. The molecule has 0 aliphatic heterocycles. The molecular formula is C16H24O. The Labute approximate surface area is 105 Å². The van der Waals surface area contributed by atoms with Crippen molar-refractivity contribution in [1.82, 2.24) is 0 Å². The van der Waals surface area contributed by atoms with Crippen molar-refractivity contribution < 1.29 is 5.11 Å². The summed E-state index contributed by atoms with van der Waals surface area (Å²) in [6.45, 7) is 6.27. The molecule has 0 aliphatic rings. The van der Waals surface area contributed by atoms with Crippen molar-refractivity contribution in [3.63, 3.8) is 0 Å². The molecule has 0 unspecified atom stereocenters. The maximum absolute atomic E-state index is 9.14. The second kappa shape index (κ2) is 7.29. The van der Waals surface area contributed by atoms with E-state index in [2.05, 4.69) is 50.3 Å². The van der Waals surface area contributed by atoms with Gasteiger partial charge in [0.15, 0.2) is 0 Å². The molecule has 1 atom stereocenters. The topological polar surface area (TPSA) is 20.2 Å². The van der Waals surface area contributed by atoms with Crippen LogP contribution in [0.25, 0.3) is 6.08 Å². The minimum Gasteiger partial charge on any atom is -0.393 e. The minimum atomic E-state index is -0.173. The quantitative estimate of drug-likeness (QED) is 0.722. The summed E-state index contributed by atoms with van der Waals surface area (Å²) in [4.78, 5) is 0. The first kappa shape index (κ1) is 14.0. The predicted molar refractivity (Wildman–Crippen MR) is 75.1 cm³/mol. The maximum atomic E-state index is 9.14. The Kier molecular flexibility index (Phi) is 5.99. The zero-order chi connectivity index (χ0) is 12.7. The first-order valence-corrected chi connectivity index (χ1v) is 6.54. The maximum Gasteiger partial charge on any atom is 0.0512 e. The lowest BCUT2D eigenvalue weighted by Gasteiger charge is -2.05. The highest BCUT2D eigenvalue weighted by Gasteiger charge is 1.98. The molecule has 1 N–H and O–H groups in total. The fourth-order valence-corrected chi connectivity index (χ4v) is 1.77. The van der Waals surface area contributed by atoms with Crippen molar-refractivity contribution in [3.8, 4) is 0 Å². The standard InChI is InChI=1S/C16H24O/c1-13(2)16-11-7-10-15(12-16)9-6-4-5-8-14(3)17/h6-7,9-14,17H,4-5,8H2,1-3H3/t14-/m0/s1. The molecule has 17 heavy (non-hydrogen) atoms. The molecule has 0 saturated carbocycles. The van der Waals surface area contributed by atoms with Crippen LogP contribution >= 0.6 is 0 Å². The van der Waals surface area contributed by atoms with Crippen LogP contribution in [0.1, 0.15) is 57.1 Å². The van der Waals surface area contributed by atoms with Gasteiger partial charge in [-0.1, -0.05) is 50.3 Å². The van der Waals surface area contributed by atoms with Crippen molar-refractivity contribution in [2.75, 3.05) is 0 Å². The Balaban J connectivity index is 2.45. The lowest BCUT2D eigenvalue weighted by Crippen LogP contribution is -1.97. The fourth-order valence-electron chi connectivity index (χ4n) is 1.77. The van der Waals surface area contributed by atoms with Gasteiger partial charge in [-0.05, 0) is 43.2 Å². The highest BCUT2D eigenvalue weighted by atomic mass is 16.3. The highest BCUT2D eigenvalue weighted by molar-refractivity contribution is 5.50. The van der Waals surface area contributed by atoms with Gasteiger partial charge in [0.05, 0.1) is 6.10 Å². The lowest BCUT2D eigenvalue weighted by atomic mass is 10.0. The van der Waals surface area contributed by atoms with Crippen LogP contribution in [0.15, 0.2) is 30.3 Å². The predicted octanol–water partition coefficient (Wildman–Crippen LogP) is 4.37. The SMILES string of the molecule is CC(C)c1cccc(C=CCCC[C@H](C)O)c1. The molecule has 0 aromatic heterocycles. The van der Waals surface area contributed by atoms with E-state index in [1.165, 1.54) is 11.1 Å². The minimum absolute atomic E-state index is 0.173. The van der Waals surface area contributed by atoms with Crippen molar-refractivity contribution in [3.05, 3.63) is 41.5 Å². The van der Waals surface area contributed by atoms with Crippen molar-refractivity contribution in [1.29, 1.82) is 0 Å². The molecule has 94 valence electrons. The summed E-state index contributed by atoms with van der Waals surface area (Å²) in [5.74, 6) is 0.582. The van der Waals surface area contributed by atoms with E-state index in [4.69, 9.17) is 5.11 Å². The summed E-state index contributed by atoms with van der Waals surface area (Å²) in [5.41, 5.74) is 2.66. The summed E-state index contributed by atoms with van der Waals surface area (Å²) in [7, 11) is 0. The van der Waals surface area contributed by atoms with Gasteiger partial charge in [0, 0.05) is 0 Å². The van der Waals surface area contributed by atoms with Crippen molar-refractivity contribution in [2.45, 2.75) is 52.1 Å². The first-order chi connectivity index (χ1) is 8.09. The third kappa shape index (κ3) is 5.69. The van der Waals surface area contributed by atoms with Crippen LogP contribution in [0.5, 0.6) is 0 Å². The molecule has 0 saturated heterocycles. The average Bonchev–Trinajstić information content (AvgIpc) is 2.28. The molecule has 0 spiro atoms. The summed E-state index contributed by atoms with van der Waals surface area (Å²) >= 11 is 0. The van der Waals surface area contributed by atoms with E-state index in [9.17, 15) is 0 Å². The summed E-state index contributed by atoms with van der Waals surface area (Å²) in [5, 5.41) is 9.14. The number of hydrogen-bond acceptors (Lipinski definition) is 1. The van der Waals surface area contributed by atoms with Gasteiger partial charge in [-0.15, -0.1) is 0 Å². The van der Waals surface area contributed by atoms with E-state index in [-0.39, 0.29) is 6.10 Å². The molecule has 1 aromatic rings. The first-order valence-electron chi connectivity index (χ1n) is 6.54. The van der Waals surface area contributed by atoms with Crippen LogP contribution < -0.4 is 0 Å². The Hall–Kier alpha value is -1.08. The van der Waals surface area contributed by atoms with E-state index < -0.39 is 0 Å². The molecule has 1 heteroatoms. The van der Waals surface area contributed by atoms with Gasteiger partial charge in [0.2, 0.25) is 0 Å². The van der Waals surface area contributed by atoms with Crippen LogP contribution in [0.3, 0.4) is 0 Å². The Bertz CT molecular complexity index is 350. The van der Waals surface area contributed by atoms with E-state index in [0.717, 1.165) is 19.3 Å². The number of aliphatic hydroxyl groups is 1. The van der Waals surface area contributed by atoms with E-state index in [1.807, 2.05) is 6.92 Å². The van der Waals surface area contributed by atoms with Gasteiger partial charge in [-0.3, -0.25) is 0 Å². The monoisotopic (exact) mass is 232 g/mol. The molecule has 0 heterocycles. The van der Waals surface area contributed by atoms with Crippen molar-refractivity contribution in [2.24, 2.45) is 0 Å². The molecule has 0 radical (unpaired) electrons. The molecule has 1 nitrogen and oxygen atoms in total. The number of allylic oxidation sites excluding steroid dienone is 1. The second-order valence-corrected chi connectivity index (χ2v) is 5.01.